The van der Waals surface area contributed by atoms with Crippen molar-refractivity contribution in [3.8, 4) is 33.5 Å². The molecule has 6 rings (SSSR count). The lowest BCUT2D eigenvalue weighted by atomic mass is 9.80. The molecule has 14 heteroatoms. The minimum atomic E-state index is -1.47. The fraction of sp³-hybridized carbons (Fsp3) is 0. The first-order valence-electron chi connectivity index (χ1n) is 12.6. The molecule has 220 valence electrons. The fourth-order valence-corrected chi connectivity index (χ4v) is 4.06. The van der Waals surface area contributed by atoms with Gasteiger partial charge in [-0.15, -0.1) is 0 Å². The Labute approximate surface area is 266 Å². The molecule has 0 saturated heterocycles. The predicted octanol–water partition coefficient (Wildman–Crippen LogP) is 6.35. The van der Waals surface area contributed by atoms with Crippen LogP contribution in [0.4, 0.5) is 8.78 Å². The minimum Gasteiger partial charge on any atom is -0.423 e. The highest BCUT2D eigenvalue weighted by atomic mass is 35.5. The van der Waals surface area contributed by atoms with Crippen molar-refractivity contribution in [3.63, 3.8) is 0 Å². The van der Waals surface area contributed by atoms with Crippen molar-refractivity contribution >= 4 is 47.4 Å². The zero-order valence-corrected chi connectivity index (χ0v) is 24.7. The fourth-order valence-electron chi connectivity index (χ4n) is 3.62. The summed E-state index contributed by atoms with van der Waals surface area (Å²) in [6, 6.07) is 23.0. The molecule has 0 radical (unpaired) electrons. The van der Waals surface area contributed by atoms with E-state index >= 15 is 0 Å². The molecule has 2 aromatic carbocycles. The van der Waals surface area contributed by atoms with E-state index in [0.717, 1.165) is 34.6 Å². The van der Waals surface area contributed by atoms with E-state index in [9.17, 15) is 8.78 Å². The van der Waals surface area contributed by atoms with Crippen molar-refractivity contribution < 1.29 is 18.8 Å². The molecule has 0 saturated carbocycles. The maximum atomic E-state index is 13.8. The Morgan fingerprint density at radius 2 is 1.05 bits per heavy atom. The minimum absolute atomic E-state index is 0.00603. The number of rotatable bonds is 4. The normalized spacial score (nSPS) is 10.2. The van der Waals surface area contributed by atoms with Gasteiger partial charge in [0.05, 0.1) is 12.4 Å². The second-order valence-corrected chi connectivity index (χ2v) is 9.72. The van der Waals surface area contributed by atoms with E-state index in [-0.39, 0.29) is 21.4 Å². The smallest absolute Gasteiger partial charge is 0.423 e. The molecule has 4 aromatic heterocycles. The molecule has 0 atom stereocenters. The number of hydrogen-bond donors (Lipinski definition) is 2. The summed E-state index contributed by atoms with van der Waals surface area (Å²) < 4.78 is 26.0. The zero-order valence-electron chi connectivity index (χ0n) is 22.4. The second-order valence-electron chi connectivity index (χ2n) is 8.69. The van der Waals surface area contributed by atoms with Gasteiger partial charge >= 0.3 is 7.12 Å². The number of benzene rings is 2. The van der Waals surface area contributed by atoms with Crippen LogP contribution in [0.1, 0.15) is 0 Å². The van der Waals surface area contributed by atoms with Crippen LogP contribution in [0.2, 0.25) is 15.7 Å². The zero-order chi connectivity index (χ0) is 31.5. The van der Waals surface area contributed by atoms with Crippen LogP contribution in [0, 0.1) is 11.6 Å². The summed E-state index contributed by atoms with van der Waals surface area (Å²) in [7, 11) is -1.47. The van der Waals surface area contributed by atoms with Crippen LogP contribution in [0.25, 0.3) is 33.5 Å². The summed E-state index contributed by atoms with van der Waals surface area (Å²) >= 11 is 16.2. The van der Waals surface area contributed by atoms with E-state index in [0.29, 0.717) is 11.0 Å². The maximum absolute atomic E-state index is 13.8. The third-order valence-electron chi connectivity index (χ3n) is 5.67. The molecular weight excluding hydrogens is 632 g/mol. The van der Waals surface area contributed by atoms with E-state index in [4.69, 9.17) is 44.9 Å². The Morgan fingerprint density at radius 3 is 1.59 bits per heavy atom. The first kappa shape index (κ1) is 32.5. The molecule has 0 aliphatic rings. The lowest BCUT2D eigenvalue weighted by molar-refractivity contribution is 0.425. The van der Waals surface area contributed by atoms with Crippen molar-refractivity contribution in [2.45, 2.75) is 0 Å². The Kier molecular flexibility index (Phi) is 11.8. The average Bonchev–Trinajstić information content (AvgIpc) is 3.06. The summed E-state index contributed by atoms with van der Waals surface area (Å²) in [6.07, 6.45) is 8.38. The molecule has 0 unspecified atom stereocenters. The van der Waals surface area contributed by atoms with Gasteiger partial charge in [0.15, 0.2) is 16.8 Å². The summed E-state index contributed by atoms with van der Waals surface area (Å²) in [6.45, 7) is 0. The Morgan fingerprint density at radius 1 is 0.545 bits per heavy atom. The highest BCUT2D eigenvalue weighted by Gasteiger charge is 2.12. The highest BCUT2D eigenvalue weighted by Crippen LogP contribution is 2.26. The van der Waals surface area contributed by atoms with E-state index < -0.39 is 18.8 Å². The first-order valence-corrected chi connectivity index (χ1v) is 13.7. The quantitative estimate of drug-likeness (QED) is 0.129. The molecule has 0 aliphatic carbocycles. The van der Waals surface area contributed by atoms with E-state index in [2.05, 4.69) is 29.9 Å². The molecule has 2 N–H and O–H groups in total. The van der Waals surface area contributed by atoms with Crippen LogP contribution < -0.4 is 5.46 Å². The number of hydrogen-bond acceptors (Lipinski definition) is 8. The van der Waals surface area contributed by atoms with Gasteiger partial charge in [0.1, 0.15) is 5.69 Å². The van der Waals surface area contributed by atoms with Crippen molar-refractivity contribution in [2.24, 2.45) is 0 Å². The van der Waals surface area contributed by atoms with Gasteiger partial charge in [-0.25, -0.2) is 28.7 Å². The van der Waals surface area contributed by atoms with Crippen molar-refractivity contribution in [2.75, 3.05) is 0 Å². The highest BCUT2D eigenvalue weighted by molar-refractivity contribution is 6.58. The molecule has 44 heavy (non-hydrogen) atoms. The van der Waals surface area contributed by atoms with Crippen LogP contribution >= 0.6 is 34.8 Å². The maximum Gasteiger partial charge on any atom is 0.490 e. The SMILES string of the molecule is Fc1cnc(Cl)nc1-c1cncc(-c2ccccc2)c1.Fc1cnc(Cl)nc1Cl.OB(O)c1cncc(-c2ccccc2)c1. The topological polar surface area (TPSA) is 118 Å². The Balaban J connectivity index is 0.000000162. The van der Waals surface area contributed by atoms with Gasteiger partial charge in [0.25, 0.3) is 0 Å². The number of aromatic nitrogens is 6. The van der Waals surface area contributed by atoms with Gasteiger partial charge in [0, 0.05) is 41.4 Å². The first-order chi connectivity index (χ1) is 21.2. The third-order valence-corrected chi connectivity index (χ3v) is 6.30. The van der Waals surface area contributed by atoms with Gasteiger partial charge < -0.3 is 10.0 Å². The third kappa shape index (κ3) is 9.31. The Hall–Kier alpha value is -4.39. The van der Waals surface area contributed by atoms with Crippen LogP contribution in [0.5, 0.6) is 0 Å². The molecule has 4 heterocycles. The molecule has 0 fully saturated rings. The van der Waals surface area contributed by atoms with Crippen molar-refractivity contribution in [1.29, 1.82) is 0 Å². The van der Waals surface area contributed by atoms with Crippen LogP contribution in [-0.4, -0.2) is 47.1 Å². The van der Waals surface area contributed by atoms with Gasteiger partial charge in [-0.2, -0.15) is 0 Å². The van der Waals surface area contributed by atoms with Gasteiger partial charge in [-0.1, -0.05) is 78.3 Å². The summed E-state index contributed by atoms with van der Waals surface area (Å²) in [5, 5.41) is 17.7. The number of pyridine rings is 2. The molecular formula is C30H20BCl3F2N6O2. The van der Waals surface area contributed by atoms with E-state index in [1.807, 2.05) is 66.7 Å². The molecule has 0 amide bonds. The lowest BCUT2D eigenvalue weighted by Crippen LogP contribution is -2.30. The lowest BCUT2D eigenvalue weighted by Gasteiger charge is -2.05. The predicted molar refractivity (Wildman–Crippen MR) is 167 cm³/mol. The summed E-state index contributed by atoms with van der Waals surface area (Å²) in [4.78, 5) is 22.3. The molecule has 8 nitrogen and oxygen atoms in total. The van der Waals surface area contributed by atoms with Crippen molar-refractivity contribution in [1.82, 2.24) is 29.9 Å². The van der Waals surface area contributed by atoms with Gasteiger partial charge in [-0.3, -0.25) is 9.97 Å². The van der Waals surface area contributed by atoms with Gasteiger partial charge in [-0.05, 0) is 46.0 Å². The largest absolute Gasteiger partial charge is 0.490 e. The molecule has 0 bridgehead atoms. The van der Waals surface area contributed by atoms with E-state index in [1.54, 1.807) is 24.7 Å². The van der Waals surface area contributed by atoms with Crippen LogP contribution in [-0.2, 0) is 0 Å². The summed E-state index contributed by atoms with van der Waals surface area (Å²) in [5.41, 5.74) is 4.88. The summed E-state index contributed by atoms with van der Waals surface area (Å²) in [5.74, 6) is -1.19. The van der Waals surface area contributed by atoms with Gasteiger partial charge in [0.2, 0.25) is 10.6 Å². The second kappa shape index (κ2) is 15.9. The van der Waals surface area contributed by atoms with E-state index in [1.165, 1.54) is 6.20 Å². The number of nitrogens with zero attached hydrogens (tertiary/aromatic N) is 6. The Bertz CT molecular complexity index is 1830. The molecule has 6 aromatic rings. The monoisotopic (exact) mass is 650 g/mol. The standard InChI is InChI=1S/C15H9ClFN3.C11H10BNO2.C4HCl2FN2/c16-15-19-9-13(17)14(20-15)12-6-11(7-18-8-12)10-4-2-1-3-5-10;14-12(15)11-6-10(7-13-8-11)9-4-2-1-3-5-9;5-3-2(7)1-8-4(6)9-3/h1-9H;1-8,14-15H;1H. The molecule has 0 aliphatic heterocycles. The number of halogens is 5. The average molecular weight is 652 g/mol. The van der Waals surface area contributed by atoms with Crippen LogP contribution in [0.3, 0.4) is 0 Å². The van der Waals surface area contributed by atoms with Crippen molar-refractivity contribution in [3.05, 3.63) is 137 Å². The molecule has 0 spiro atoms. The van der Waals surface area contributed by atoms with Crippen LogP contribution in [0.15, 0.2) is 110 Å².